The summed E-state index contributed by atoms with van der Waals surface area (Å²) in [5.41, 5.74) is -1.14. The number of hydrogen-bond acceptors (Lipinski definition) is 4. The molecule has 28 heavy (non-hydrogen) atoms. The maximum absolute atomic E-state index is 13.0. The van der Waals surface area contributed by atoms with Gasteiger partial charge in [0.05, 0.1) is 22.5 Å². The van der Waals surface area contributed by atoms with Crippen molar-refractivity contribution in [1.82, 2.24) is 9.21 Å². The Hall–Kier alpha value is -2.14. The molecule has 3 heterocycles. The number of amides is 3. The zero-order chi connectivity index (χ0) is 20.6. The fraction of sp³-hybridized carbons (Fsp3) is 0.529. The van der Waals surface area contributed by atoms with Gasteiger partial charge >= 0.3 is 12.2 Å². The van der Waals surface area contributed by atoms with Crippen molar-refractivity contribution >= 4 is 27.6 Å². The molecule has 0 saturated carbocycles. The van der Waals surface area contributed by atoms with Gasteiger partial charge in [-0.15, -0.1) is 0 Å². The van der Waals surface area contributed by atoms with Gasteiger partial charge in [-0.3, -0.25) is 4.79 Å². The summed E-state index contributed by atoms with van der Waals surface area (Å²) in [7, 11) is -3.62. The third-order valence-corrected chi connectivity index (χ3v) is 7.84. The fourth-order valence-corrected chi connectivity index (χ4v) is 5.74. The molecule has 1 aromatic carbocycles. The quantitative estimate of drug-likeness (QED) is 0.706. The summed E-state index contributed by atoms with van der Waals surface area (Å²) in [5, 5.41) is -0.674. The number of rotatable bonds is 3. The standard InChI is InChI=1S/C17H18F3N3O4S/c1-9(2)28(26,27)21-8-12-7-13(21)14-15(24)23(16(25)22(12)14)11-5-3-4-10(6-11)17(18,19)20/h3-6,9,12-14H,7-8H2,1-2H3/t12-,13-,14+/m0/s1. The number of nitrogens with zero attached hydrogens (tertiary/aromatic N) is 3. The van der Waals surface area contributed by atoms with Crippen molar-refractivity contribution in [3.05, 3.63) is 29.8 Å². The number of benzene rings is 1. The monoisotopic (exact) mass is 417 g/mol. The molecular formula is C17H18F3N3O4S. The van der Waals surface area contributed by atoms with Gasteiger partial charge in [0, 0.05) is 12.6 Å². The molecule has 3 saturated heterocycles. The van der Waals surface area contributed by atoms with Crippen molar-refractivity contribution in [2.75, 3.05) is 11.4 Å². The zero-order valence-corrected chi connectivity index (χ0v) is 15.9. The first-order valence-electron chi connectivity index (χ1n) is 8.78. The normalized spacial score (nSPS) is 28.0. The van der Waals surface area contributed by atoms with E-state index in [1.807, 2.05) is 0 Å². The first-order chi connectivity index (χ1) is 12.9. The fourth-order valence-electron chi connectivity index (χ4n) is 4.24. The Balaban J connectivity index is 1.69. The summed E-state index contributed by atoms with van der Waals surface area (Å²) < 4.78 is 65.4. The molecule has 7 nitrogen and oxygen atoms in total. The van der Waals surface area contributed by atoms with E-state index >= 15 is 0 Å². The highest BCUT2D eigenvalue weighted by atomic mass is 32.2. The highest BCUT2D eigenvalue weighted by Gasteiger charge is 2.64. The topological polar surface area (TPSA) is 78.0 Å². The molecule has 0 spiro atoms. The van der Waals surface area contributed by atoms with E-state index < -0.39 is 57.1 Å². The molecule has 3 fully saturated rings. The molecular weight excluding hydrogens is 399 g/mol. The molecule has 0 unspecified atom stereocenters. The first-order valence-corrected chi connectivity index (χ1v) is 10.3. The number of anilines is 1. The molecule has 4 rings (SSSR count). The lowest BCUT2D eigenvalue weighted by Gasteiger charge is -2.34. The highest BCUT2D eigenvalue weighted by molar-refractivity contribution is 7.89. The molecule has 3 aliphatic rings. The van der Waals surface area contributed by atoms with Crippen LogP contribution in [-0.2, 0) is 21.0 Å². The molecule has 0 aromatic heterocycles. The second-order valence-electron chi connectivity index (χ2n) is 7.48. The summed E-state index contributed by atoms with van der Waals surface area (Å²) in [6.45, 7) is 3.17. The van der Waals surface area contributed by atoms with Gasteiger partial charge in [0.15, 0.2) is 0 Å². The number of piperazine rings is 1. The van der Waals surface area contributed by atoms with Gasteiger partial charge in [-0.05, 0) is 38.5 Å². The second kappa shape index (κ2) is 5.93. The molecule has 0 N–H and O–H groups in total. The van der Waals surface area contributed by atoms with Crippen molar-refractivity contribution < 1.29 is 31.2 Å². The average molecular weight is 417 g/mol. The number of carbonyl (C=O) groups excluding carboxylic acids is 2. The summed E-state index contributed by atoms with van der Waals surface area (Å²) in [4.78, 5) is 27.8. The number of halogens is 3. The second-order valence-corrected chi connectivity index (χ2v) is 9.92. The summed E-state index contributed by atoms with van der Waals surface area (Å²) in [6.07, 6.45) is -4.26. The molecule has 152 valence electrons. The van der Waals surface area contributed by atoms with E-state index in [0.717, 1.165) is 23.1 Å². The maximum Gasteiger partial charge on any atom is 0.416 e. The van der Waals surface area contributed by atoms with Crippen LogP contribution in [0.2, 0.25) is 0 Å². The van der Waals surface area contributed by atoms with Gasteiger partial charge in [-0.2, -0.15) is 17.5 Å². The van der Waals surface area contributed by atoms with Gasteiger partial charge in [-0.25, -0.2) is 18.1 Å². The Bertz CT molecular complexity index is 963. The van der Waals surface area contributed by atoms with Gasteiger partial charge in [-0.1, -0.05) is 6.07 Å². The molecule has 3 aliphatic heterocycles. The largest absolute Gasteiger partial charge is 0.416 e. The van der Waals surface area contributed by atoms with Crippen molar-refractivity contribution in [1.29, 1.82) is 0 Å². The Morgan fingerprint density at radius 3 is 2.46 bits per heavy atom. The van der Waals surface area contributed by atoms with E-state index in [2.05, 4.69) is 0 Å². The minimum atomic E-state index is -4.61. The number of hydrogen-bond donors (Lipinski definition) is 0. The van der Waals surface area contributed by atoms with Crippen LogP contribution in [0.5, 0.6) is 0 Å². The minimum Gasteiger partial charge on any atom is -0.306 e. The van der Waals surface area contributed by atoms with Crippen LogP contribution < -0.4 is 4.90 Å². The van der Waals surface area contributed by atoms with Gasteiger partial charge in [0.25, 0.3) is 5.91 Å². The third-order valence-electron chi connectivity index (χ3n) is 5.57. The van der Waals surface area contributed by atoms with Crippen molar-refractivity contribution in [3.63, 3.8) is 0 Å². The van der Waals surface area contributed by atoms with Crippen molar-refractivity contribution in [3.8, 4) is 0 Å². The maximum atomic E-state index is 13.0. The number of alkyl halides is 3. The van der Waals surface area contributed by atoms with E-state index in [1.165, 1.54) is 29.1 Å². The van der Waals surface area contributed by atoms with E-state index in [9.17, 15) is 31.2 Å². The summed E-state index contributed by atoms with van der Waals surface area (Å²) in [5.74, 6) is -0.694. The number of imide groups is 1. The van der Waals surface area contributed by atoms with Crippen LogP contribution in [0.25, 0.3) is 0 Å². The molecule has 0 radical (unpaired) electrons. The molecule has 3 atom stereocenters. The van der Waals surface area contributed by atoms with Crippen LogP contribution in [0, 0.1) is 0 Å². The summed E-state index contributed by atoms with van der Waals surface area (Å²) >= 11 is 0. The highest BCUT2D eigenvalue weighted by Crippen LogP contribution is 2.44. The number of urea groups is 1. The van der Waals surface area contributed by atoms with Crippen molar-refractivity contribution in [2.45, 2.75) is 49.8 Å². The smallest absolute Gasteiger partial charge is 0.306 e. The predicted molar refractivity (Wildman–Crippen MR) is 92.9 cm³/mol. The van der Waals surface area contributed by atoms with E-state index in [0.29, 0.717) is 6.42 Å². The van der Waals surface area contributed by atoms with Gasteiger partial charge in [0.1, 0.15) is 6.04 Å². The number of sulfonamides is 1. The average Bonchev–Trinajstić information content (AvgIpc) is 3.26. The lowest BCUT2D eigenvalue weighted by molar-refractivity contribution is -0.137. The van der Waals surface area contributed by atoms with E-state index in [4.69, 9.17) is 0 Å². The van der Waals surface area contributed by atoms with Crippen LogP contribution in [0.15, 0.2) is 24.3 Å². The zero-order valence-electron chi connectivity index (χ0n) is 15.0. The Labute approximate surface area is 159 Å². The molecule has 0 aliphatic carbocycles. The minimum absolute atomic E-state index is 0.0944. The number of carbonyl (C=O) groups is 2. The Kier molecular flexibility index (Phi) is 4.06. The lowest BCUT2D eigenvalue weighted by Crippen LogP contribution is -2.55. The van der Waals surface area contributed by atoms with Crippen molar-refractivity contribution in [2.24, 2.45) is 0 Å². The Morgan fingerprint density at radius 1 is 1.18 bits per heavy atom. The first kappa shape index (κ1) is 19.2. The van der Waals surface area contributed by atoms with Gasteiger partial charge < -0.3 is 4.90 Å². The van der Waals surface area contributed by atoms with Crippen LogP contribution in [-0.4, -0.2) is 59.5 Å². The molecule has 11 heteroatoms. The van der Waals surface area contributed by atoms with Crippen LogP contribution >= 0.6 is 0 Å². The summed E-state index contributed by atoms with van der Waals surface area (Å²) in [6, 6.07) is 1.14. The third kappa shape index (κ3) is 2.55. The number of fused-ring (bicyclic) bond motifs is 5. The van der Waals surface area contributed by atoms with Crippen LogP contribution in [0.1, 0.15) is 25.8 Å². The molecule has 1 aromatic rings. The predicted octanol–water partition coefficient (Wildman–Crippen LogP) is 2.04. The van der Waals surface area contributed by atoms with Gasteiger partial charge in [0.2, 0.25) is 10.0 Å². The van der Waals surface area contributed by atoms with Crippen LogP contribution in [0.3, 0.4) is 0 Å². The van der Waals surface area contributed by atoms with Crippen LogP contribution in [0.4, 0.5) is 23.7 Å². The SMILES string of the molecule is CC(C)S(=O)(=O)N1C[C@@H]2C[C@H]1[C@@H]1C(=O)N(c3cccc(C(F)(F)F)c3)C(=O)N21. The molecule has 3 amide bonds. The van der Waals surface area contributed by atoms with E-state index in [-0.39, 0.29) is 12.2 Å². The van der Waals surface area contributed by atoms with E-state index in [1.54, 1.807) is 0 Å². The Morgan fingerprint density at radius 2 is 1.86 bits per heavy atom. The molecule has 2 bridgehead atoms. The lowest BCUT2D eigenvalue weighted by atomic mass is 10.1.